The summed E-state index contributed by atoms with van der Waals surface area (Å²) in [6.07, 6.45) is 5.25. The van der Waals surface area contributed by atoms with Crippen molar-refractivity contribution in [1.82, 2.24) is 24.6 Å². The molecule has 2 saturated heterocycles. The van der Waals surface area contributed by atoms with Crippen LogP contribution < -0.4 is 5.32 Å². The third kappa shape index (κ3) is 5.95. The number of piperazine rings is 1. The summed E-state index contributed by atoms with van der Waals surface area (Å²) in [4.78, 5) is 9.62. The van der Waals surface area contributed by atoms with Crippen molar-refractivity contribution >= 4 is 16.0 Å². The summed E-state index contributed by atoms with van der Waals surface area (Å²) >= 11 is 0. The Morgan fingerprint density at radius 1 is 1.30 bits per heavy atom. The van der Waals surface area contributed by atoms with E-state index in [1.54, 1.807) is 10.4 Å². The maximum Gasteiger partial charge on any atom is 0.220 e. The smallest absolute Gasteiger partial charge is 0.220 e. The number of nitrogens with one attached hydrogen (secondary N) is 1. The number of nitrogens with zero attached hydrogens (tertiary/aromatic N) is 5. The average molecular weight is 441 g/mol. The van der Waals surface area contributed by atoms with Crippen LogP contribution in [0.1, 0.15) is 45.7 Å². The Kier molecular flexibility index (Phi) is 8.13. The first kappa shape index (κ1) is 23.0. The summed E-state index contributed by atoms with van der Waals surface area (Å²) in [7, 11) is -3.40. The number of rotatable bonds is 7. The Balaban J connectivity index is 1.56. The largest absolute Gasteiger partial charge is 0.364 e. The topological polar surface area (TPSA) is 94.3 Å². The van der Waals surface area contributed by atoms with Gasteiger partial charge < -0.3 is 14.7 Å². The van der Waals surface area contributed by atoms with Crippen molar-refractivity contribution in [2.24, 2.45) is 4.99 Å². The molecule has 10 heteroatoms. The van der Waals surface area contributed by atoms with Gasteiger partial charge in [0.25, 0.3) is 0 Å². The van der Waals surface area contributed by atoms with Crippen LogP contribution in [-0.2, 0) is 15.8 Å². The van der Waals surface area contributed by atoms with Gasteiger partial charge in [0, 0.05) is 50.9 Å². The molecule has 2 aliphatic heterocycles. The Labute approximate surface area is 180 Å². The number of guanidine groups is 1. The molecule has 2 unspecified atom stereocenters. The van der Waals surface area contributed by atoms with Gasteiger partial charge in [0.15, 0.2) is 5.96 Å². The normalized spacial score (nSPS) is 23.5. The van der Waals surface area contributed by atoms with Crippen LogP contribution in [0.15, 0.2) is 21.8 Å². The molecule has 9 nitrogen and oxygen atoms in total. The lowest BCUT2D eigenvalue weighted by molar-refractivity contribution is 0.118. The highest BCUT2D eigenvalue weighted by atomic mass is 32.2. The summed E-state index contributed by atoms with van der Waals surface area (Å²) < 4.78 is 31.6. The summed E-state index contributed by atoms with van der Waals surface area (Å²) in [6, 6.07) is 2.61. The standard InChI is InChI=1S/C20H36N6O3S/c1-4-21-20(22-15-18(3)26-9-6-5-7-17(26)2)24-10-12-25(13-11-24)30(27,28)16-19-8-14-29-23-19/h8,14,17-18H,4-7,9-13,15-16H2,1-3H3,(H,21,22). The molecular weight excluding hydrogens is 404 g/mol. The molecule has 0 saturated carbocycles. The van der Waals surface area contributed by atoms with Crippen LogP contribution in [0.25, 0.3) is 0 Å². The fraction of sp³-hybridized carbons (Fsp3) is 0.800. The molecule has 0 amide bonds. The van der Waals surface area contributed by atoms with Gasteiger partial charge in [0.1, 0.15) is 12.0 Å². The van der Waals surface area contributed by atoms with Gasteiger partial charge in [0.05, 0.1) is 12.2 Å². The summed E-state index contributed by atoms with van der Waals surface area (Å²) in [5, 5.41) is 7.10. The minimum absolute atomic E-state index is 0.122. The molecule has 0 aromatic carbocycles. The first-order valence-electron chi connectivity index (χ1n) is 11.1. The lowest BCUT2D eigenvalue weighted by atomic mass is 10.0. The van der Waals surface area contributed by atoms with E-state index in [2.05, 4.69) is 41.0 Å². The van der Waals surface area contributed by atoms with Crippen LogP contribution in [0.3, 0.4) is 0 Å². The highest BCUT2D eigenvalue weighted by molar-refractivity contribution is 7.88. The van der Waals surface area contributed by atoms with E-state index in [1.807, 2.05) is 0 Å². The molecule has 1 N–H and O–H groups in total. The summed E-state index contributed by atoms with van der Waals surface area (Å²) in [6.45, 7) is 11.5. The molecule has 1 aromatic heterocycles. The van der Waals surface area contributed by atoms with Crippen molar-refractivity contribution in [3.05, 3.63) is 18.0 Å². The number of piperidine rings is 1. The Bertz CT molecular complexity index is 774. The average Bonchev–Trinajstić information content (AvgIpc) is 3.23. The number of aliphatic imine (C=N–C) groups is 1. The maximum absolute atomic E-state index is 12.7. The Morgan fingerprint density at radius 3 is 2.70 bits per heavy atom. The molecule has 0 bridgehead atoms. The number of likely N-dealkylation sites (tertiary alicyclic amines) is 1. The SMILES string of the molecule is CCNC(=NCC(C)N1CCCCC1C)N1CCN(S(=O)(=O)Cc2ccon2)CC1. The maximum atomic E-state index is 12.7. The van der Waals surface area contributed by atoms with E-state index in [9.17, 15) is 8.42 Å². The van der Waals surface area contributed by atoms with E-state index < -0.39 is 10.0 Å². The summed E-state index contributed by atoms with van der Waals surface area (Å²) in [5.41, 5.74) is 0.438. The highest BCUT2D eigenvalue weighted by Crippen LogP contribution is 2.19. The second-order valence-corrected chi connectivity index (χ2v) is 10.2. The fourth-order valence-electron chi connectivity index (χ4n) is 4.29. The van der Waals surface area contributed by atoms with Gasteiger partial charge in [-0.05, 0) is 40.2 Å². The van der Waals surface area contributed by atoms with Gasteiger partial charge >= 0.3 is 0 Å². The molecule has 1 aromatic rings. The molecule has 30 heavy (non-hydrogen) atoms. The van der Waals surface area contributed by atoms with Crippen molar-refractivity contribution in [3.63, 3.8) is 0 Å². The zero-order valence-corrected chi connectivity index (χ0v) is 19.3. The van der Waals surface area contributed by atoms with Crippen molar-refractivity contribution in [1.29, 1.82) is 0 Å². The first-order chi connectivity index (χ1) is 14.4. The van der Waals surface area contributed by atoms with Crippen LogP contribution in [0, 0.1) is 0 Å². The van der Waals surface area contributed by atoms with E-state index in [4.69, 9.17) is 9.52 Å². The number of hydrogen-bond acceptors (Lipinski definition) is 6. The van der Waals surface area contributed by atoms with E-state index in [0.29, 0.717) is 44.0 Å². The number of aromatic nitrogens is 1. The van der Waals surface area contributed by atoms with E-state index in [0.717, 1.165) is 25.6 Å². The van der Waals surface area contributed by atoms with Crippen molar-refractivity contribution in [2.45, 2.75) is 57.9 Å². The van der Waals surface area contributed by atoms with Gasteiger partial charge in [0.2, 0.25) is 10.0 Å². The van der Waals surface area contributed by atoms with E-state index in [-0.39, 0.29) is 5.75 Å². The van der Waals surface area contributed by atoms with Crippen LogP contribution in [0.4, 0.5) is 0 Å². The van der Waals surface area contributed by atoms with Gasteiger partial charge in [-0.2, -0.15) is 4.31 Å². The van der Waals surface area contributed by atoms with Crippen molar-refractivity contribution in [2.75, 3.05) is 45.8 Å². The Morgan fingerprint density at radius 2 is 2.07 bits per heavy atom. The summed E-state index contributed by atoms with van der Waals surface area (Å²) in [5.74, 6) is 0.756. The van der Waals surface area contributed by atoms with Crippen LogP contribution in [0.5, 0.6) is 0 Å². The van der Waals surface area contributed by atoms with Crippen LogP contribution >= 0.6 is 0 Å². The highest BCUT2D eigenvalue weighted by Gasteiger charge is 2.29. The molecule has 2 aliphatic rings. The van der Waals surface area contributed by atoms with Crippen LogP contribution in [-0.4, -0.2) is 91.5 Å². The molecule has 3 heterocycles. The van der Waals surface area contributed by atoms with Gasteiger partial charge in [-0.1, -0.05) is 11.6 Å². The number of sulfonamides is 1. The van der Waals surface area contributed by atoms with Gasteiger partial charge in [-0.15, -0.1) is 0 Å². The molecule has 0 spiro atoms. The Hall–Kier alpha value is -1.65. The lowest BCUT2D eigenvalue weighted by Crippen LogP contribution is -2.54. The van der Waals surface area contributed by atoms with Crippen LogP contribution in [0.2, 0.25) is 0 Å². The zero-order valence-electron chi connectivity index (χ0n) is 18.5. The first-order valence-corrected chi connectivity index (χ1v) is 12.7. The van der Waals surface area contributed by atoms with E-state index >= 15 is 0 Å². The minimum Gasteiger partial charge on any atom is -0.364 e. The third-order valence-electron chi connectivity index (χ3n) is 6.01. The van der Waals surface area contributed by atoms with Gasteiger partial charge in [-0.25, -0.2) is 8.42 Å². The lowest BCUT2D eigenvalue weighted by Gasteiger charge is -2.38. The van der Waals surface area contributed by atoms with Crippen molar-refractivity contribution in [3.8, 4) is 0 Å². The van der Waals surface area contributed by atoms with Crippen molar-refractivity contribution < 1.29 is 12.9 Å². The molecule has 2 atom stereocenters. The molecule has 0 radical (unpaired) electrons. The van der Waals surface area contributed by atoms with Gasteiger partial charge in [-0.3, -0.25) is 9.89 Å². The predicted molar refractivity (Wildman–Crippen MR) is 118 cm³/mol. The molecule has 170 valence electrons. The molecular formula is C20H36N6O3S. The second-order valence-electron chi connectivity index (χ2n) is 8.26. The van der Waals surface area contributed by atoms with E-state index in [1.165, 1.54) is 25.5 Å². The second kappa shape index (κ2) is 10.6. The monoisotopic (exact) mass is 440 g/mol. The molecule has 2 fully saturated rings. The minimum atomic E-state index is -3.40. The molecule has 0 aliphatic carbocycles. The zero-order chi connectivity index (χ0) is 21.6. The molecule has 3 rings (SSSR count). The quantitative estimate of drug-likeness (QED) is 0.505. The fourth-order valence-corrected chi connectivity index (χ4v) is 5.72. The number of hydrogen-bond donors (Lipinski definition) is 1. The third-order valence-corrected chi connectivity index (χ3v) is 7.83. The predicted octanol–water partition coefficient (Wildman–Crippen LogP) is 1.35.